The van der Waals surface area contributed by atoms with Crippen LogP contribution in [0.4, 0.5) is 5.69 Å². The van der Waals surface area contributed by atoms with Crippen LogP contribution >= 0.6 is 24.0 Å². The number of carboxylic acids is 1. The number of nitrogens with zero attached hydrogens (tertiary/aromatic N) is 1. The molecule has 0 radical (unpaired) electrons. The molecule has 2 fully saturated rings. The van der Waals surface area contributed by atoms with E-state index in [9.17, 15) is 14.7 Å². The first kappa shape index (κ1) is 17.1. The van der Waals surface area contributed by atoms with Gasteiger partial charge in [0.2, 0.25) is 0 Å². The van der Waals surface area contributed by atoms with Crippen molar-refractivity contribution in [1.29, 1.82) is 0 Å². The molecule has 2 aliphatic rings. The molecule has 1 saturated carbocycles. The van der Waals surface area contributed by atoms with Gasteiger partial charge in [0.25, 0.3) is 5.91 Å². The fourth-order valence-corrected chi connectivity index (χ4v) is 4.21. The summed E-state index contributed by atoms with van der Waals surface area (Å²) >= 11 is 6.51. The SMILES string of the molecule is C[C@@H]1C[C@H]1c1ccc(/C=C2\SC(=S)N(c3ccc(C(=O)[O-])cc3)C2=O)o1. The second-order valence-electron chi connectivity index (χ2n) is 6.41. The van der Waals surface area contributed by atoms with Gasteiger partial charge in [0, 0.05) is 12.0 Å². The third kappa shape index (κ3) is 3.08. The van der Waals surface area contributed by atoms with Gasteiger partial charge in [-0.2, -0.15) is 0 Å². The molecule has 0 bridgehead atoms. The molecule has 1 aromatic heterocycles. The number of aromatic carboxylic acids is 1. The molecule has 0 unspecified atom stereocenters. The molecule has 2 aromatic rings. The van der Waals surface area contributed by atoms with Gasteiger partial charge < -0.3 is 14.3 Å². The summed E-state index contributed by atoms with van der Waals surface area (Å²) in [6.45, 7) is 2.18. The second-order valence-corrected chi connectivity index (χ2v) is 8.09. The number of furan rings is 1. The lowest BCUT2D eigenvalue weighted by molar-refractivity contribution is -0.255. The van der Waals surface area contributed by atoms with Crippen LogP contribution in [0.5, 0.6) is 0 Å². The summed E-state index contributed by atoms with van der Waals surface area (Å²) in [7, 11) is 0. The molecular weight excluding hydrogens is 370 g/mol. The number of hydrogen-bond donors (Lipinski definition) is 0. The number of thioether (sulfide) groups is 1. The van der Waals surface area contributed by atoms with Crippen LogP contribution in [0, 0.1) is 5.92 Å². The van der Waals surface area contributed by atoms with Crippen molar-refractivity contribution in [2.24, 2.45) is 5.92 Å². The van der Waals surface area contributed by atoms with Gasteiger partial charge in [0.05, 0.1) is 16.6 Å². The summed E-state index contributed by atoms with van der Waals surface area (Å²) in [6, 6.07) is 9.68. The molecule has 0 N–H and O–H groups in total. The van der Waals surface area contributed by atoms with Gasteiger partial charge in [-0.25, -0.2) is 0 Å². The van der Waals surface area contributed by atoms with E-state index in [1.807, 2.05) is 12.1 Å². The summed E-state index contributed by atoms with van der Waals surface area (Å²) in [6.07, 6.45) is 2.84. The van der Waals surface area contributed by atoms with E-state index in [4.69, 9.17) is 16.6 Å². The molecule has 4 rings (SSSR count). The Morgan fingerprint density at radius 1 is 1.31 bits per heavy atom. The standard InChI is InChI=1S/C19H15NO4S2/c1-10-8-14(10)15-7-6-13(24-15)9-16-17(21)20(19(25)26-16)12-4-2-11(3-5-12)18(22)23/h2-7,9-10,14H,8H2,1H3,(H,22,23)/p-1/b16-9-/t10-,14-/m1/s1. The van der Waals surface area contributed by atoms with Crippen LogP contribution in [0.1, 0.15) is 41.1 Å². The van der Waals surface area contributed by atoms with E-state index >= 15 is 0 Å². The molecule has 1 aromatic carbocycles. The lowest BCUT2D eigenvalue weighted by atomic mass is 10.2. The normalized spacial score (nSPS) is 23.7. The number of carboxylic acid groups (broad SMARTS) is 1. The van der Waals surface area contributed by atoms with E-state index < -0.39 is 5.97 Å². The highest BCUT2D eigenvalue weighted by atomic mass is 32.2. The van der Waals surface area contributed by atoms with Crippen LogP contribution in [-0.4, -0.2) is 16.2 Å². The monoisotopic (exact) mass is 384 g/mol. The number of benzene rings is 1. The molecule has 1 amide bonds. The lowest BCUT2D eigenvalue weighted by Gasteiger charge is -2.15. The van der Waals surface area contributed by atoms with Gasteiger partial charge in [-0.3, -0.25) is 9.69 Å². The van der Waals surface area contributed by atoms with Crippen LogP contribution in [0.2, 0.25) is 0 Å². The first-order valence-corrected chi connectivity index (χ1v) is 9.35. The van der Waals surface area contributed by atoms with Gasteiger partial charge >= 0.3 is 0 Å². The topological polar surface area (TPSA) is 73.6 Å². The number of carbonyl (C=O) groups excluding carboxylic acids is 2. The van der Waals surface area contributed by atoms with Gasteiger partial charge in [0.15, 0.2) is 4.32 Å². The minimum Gasteiger partial charge on any atom is -0.545 e. The Morgan fingerprint density at radius 3 is 2.62 bits per heavy atom. The fraction of sp³-hybridized carbons (Fsp3) is 0.211. The highest BCUT2D eigenvalue weighted by Crippen LogP contribution is 2.47. The Labute approximate surface area is 159 Å². The Hall–Kier alpha value is -2.38. The van der Waals surface area contributed by atoms with Crippen molar-refractivity contribution in [1.82, 2.24) is 0 Å². The van der Waals surface area contributed by atoms with E-state index in [-0.39, 0.29) is 11.5 Å². The molecule has 26 heavy (non-hydrogen) atoms. The Kier molecular flexibility index (Phi) is 4.20. The summed E-state index contributed by atoms with van der Waals surface area (Å²) in [4.78, 5) is 25.4. The number of thiocarbonyl (C=S) groups is 1. The second kappa shape index (κ2) is 6.41. The van der Waals surface area contributed by atoms with Crippen molar-refractivity contribution in [3.05, 3.63) is 58.4 Å². The molecule has 2 heterocycles. The summed E-state index contributed by atoms with van der Waals surface area (Å²) in [5, 5.41) is 10.9. The van der Waals surface area contributed by atoms with E-state index in [0.717, 1.165) is 12.2 Å². The van der Waals surface area contributed by atoms with E-state index in [0.29, 0.717) is 32.5 Å². The smallest absolute Gasteiger partial charge is 0.270 e. The first-order chi connectivity index (χ1) is 12.4. The molecule has 0 spiro atoms. The first-order valence-electron chi connectivity index (χ1n) is 8.13. The zero-order valence-electron chi connectivity index (χ0n) is 13.8. The van der Waals surface area contributed by atoms with E-state index in [1.165, 1.54) is 40.9 Å². The van der Waals surface area contributed by atoms with E-state index in [2.05, 4.69) is 6.92 Å². The molecule has 2 atom stereocenters. The predicted octanol–water partition coefficient (Wildman–Crippen LogP) is 3.17. The van der Waals surface area contributed by atoms with Crippen LogP contribution in [0.3, 0.4) is 0 Å². The van der Waals surface area contributed by atoms with Crippen molar-refractivity contribution < 1.29 is 19.1 Å². The van der Waals surface area contributed by atoms with Crippen LogP contribution in [0.25, 0.3) is 6.08 Å². The highest BCUT2D eigenvalue weighted by Gasteiger charge is 2.37. The van der Waals surface area contributed by atoms with Crippen LogP contribution < -0.4 is 10.0 Å². The molecule has 5 nitrogen and oxygen atoms in total. The Bertz CT molecular complexity index is 945. The summed E-state index contributed by atoms with van der Waals surface area (Å²) in [5.74, 6) is 1.20. The lowest BCUT2D eigenvalue weighted by Crippen LogP contribution is -2.28. The molecule has 7 heteroatoms. The molecule has 132 valence electrons. The third-order valence-electron chi connectivity index (χ3n) is 4.55. The maximum atomic E-state index is 12.7. The molecular formula is C19H14NO4S2-. The average Bonchev–Trinajstić information content (AvgIpc) is 3.04. The molecule has 1 aliphatic carbocycles. The Balaban J connectivity index is 1.56. The number of anilines is 1. The average molecular weight is 384 g/mol. The quantitative estimate of drug-likeness (QED) is 0.595. The highest BCUT2D eigenvalue weighted by molar-refractivity contribution is 8.27. The molecule has 1 aliphatic heterocycles. The number of amides is 1. The number of hydrogen-bond acceptors (Lipinski definition) is 6. The zero-order valence-corrected chi connectivity index (χ0v) is 15.4. The van der Waals surface area contributed by atoms with Crippen LogP contribution in [-0.2, 0) is 4.79 Å². The van der Waals surface area contributed by atoms with E-state index in [1.54, 1.807) is 6.08 Å². The van der Waals surface area contributed by atoms with Crippen molar-refractivity contribution >= 4 is 51.9 Å². The predicted molar refractivity (Wildman–Crippen MR) is 102 cm³/mol. The maximum Gasteiger partial charge on any atom is 0.270 e. The molecule has 1 saturated heterocycles. The van der Waals surface area contributed by atoms with Gasteiger partial charge in [0.1, 0.15) is 11.5 Å². The summed E-state index contributed by atoms with van der Waals surface area (Å²) in [5.41, 5.74) is 0.569. The Morgan fingerprint density at radius 2 is 2.00 bits per heavy atom. The van der Waals surface area contributed by atoms with Gasteiger partial charge in [-0.15, -0.1) is 0 Å². The third-order valence-corrected chi connectivity index (χ3v) is 5.85. The van der Waals surface area contributed by atoms with Crippen molar-refractivity contribution in [2.45, 2.75) is 19.3 Å². The summed E-state index contributed by atoms with van der Waals surface area (Å²) < 4.78 is 6.22. The van der Waals surface area contributed by atoms with Crippen molar-refractivity contribution in [3.63, 3.8) is 0 Å². The van der Waals surface area contributed by atoms with Crippen molar-refractivity contribution in [3.8, 4) is 0 Å². The van der Waals surface area contributed by atoms with Crippen LogP contribution in [0.15, 0.2) is 45.7 Å². The minimum absolute atomic E-state index is 0.0483. The zero-order chi connectivity index (χ0) is 18.4. The fourth-order valence-electron chi connectivity index (χ4n) is 2.93. The van der Waals surface area contributed by atoms with Gasteiger partial charge in [-0.1, -0.05) is 43.0 Å². The number of carbonyl (C=O) groups is 2. The van der Waals surface area contributed by atoms with Gasteiger partial charge in [-0.05, 0) is 42.2 Å². The maximum absolute atomic E-state index is 12.7. The number of rotatable bonds is 4. The minimum atomic E-state index is -1.26. The largest absolute Gasteiger partial charge is 0.545 e. The van der Waals surface area contributed by atoms with Crippen molar-refractivity contribution in [2.75, 3.05) is 4.90 Å².